The van der Waals surface area contributed by atoms with E-state index in [0.29, 0.717) is 5.92 Å². The lowest BCUT2D eigenvalue weighted by atomic mass is 9.47. The van der Waals surface area contributed by atoms with Gasteiger partial charge in [-0.1, -0.05) is 26.0 Å². The van der Waals surface area contributed by atoms with Gasteiger partial charge in [-0.15, -0.1) is 0 Å². The molecule has 4 fully saturated rings. The molecule has 0 heterocycles. The van der Waals surface area contributed by atoms with Crippen molar-refractivity contribution in [2.24, 2.45) is 29.6 Å². The first-order chi connectivity index (χ1) is 8.52. The molecule has 0 aromatic heterocycles. The van der Waals surface area contributed by atoms with E-state index >= 15 is 0 Å². The molecular formula is C17H28O. The Balaban J connectivity index is 1.87. The third-order valence-electron chi connectivity index (χ3n) is 5.89. The van der Waals surface area contributed by atoms with Crippen molar-refractivity contribution in [2.45, 2.75) is 58.5 Å². The second-order valence-corrected chi connectivity index (χ2v) is 7.56. The van der Waals surface area contributed by atoms with Gasteiger partial charge >= 0.3 is 0 Å². The third-order valence-corrected chi connectivity index (χ3v) is 5.89. The first-order valence-electron chi connectivity index (χ1n) is 7.80. The summed E-state index contributed by atoms with van der Waals surface area (Å²) in [5.41, 5.74) is 1.34. The van der Waals surface area contributed by atoms with Gasteiger partial charge in [-0.3, -0.25) is 0 Å². The Morgan fingerprint density at radius 2 is 1.61 bits per heavy atom. The van der Waals surface area contributed by atoms with Gasteiger partial charge in [-0.05, 0) is 68.6 Å². The molecular weight excluding hydrogens is 220 g/mol. The van der Waals surface area contributed by atoms with Gasteiger partial charge in [0.05, 0.1) is 12.2 Å². The molecule has 0 aliphatic heterocycles. The van der Waals surface area contributed by atoms with Crippen molar-refractivity contribution >= 4 is 0 Å². The van der Waals surface area contributed by atoms with Crippen LogP contribution < -0.4 is 0 Å². The lowest BCUT2D eigenvalue weighted by Gasteiger charge is -2.62. The minimum Gasteiger partial charge on any atom is -0.370 e. The lowest BCUT2D eigenvalue weighted by molar-refractivity contribution is -0.221. The van der Waals surface area contributed by atoms with Gasteiger partial charge in [0.25, 0.3) is 0 Å². The highest BCUT2D eigenvalue weighted by atomic mass is 16.5. The molecule has 102 valence electrons. The Labute approximate surface area is 112 Å². The molecule has 4 rings (SSSR count). The first-order valence-corrected chi connectivity index (χ1v) is 7.80. The van der Waals surface area contributed by atoms with Crippen molar-refractivity contribution in [2.75, 3.05) is 6.61 Å². The van der Waals surface area contributed by atoms with E-state index in [1.54, 1.807) is 0 Å². The number of ether oxygens (including phenoxy) is 1. The molecule has 0 radical (unpaired) electrons. The predicted molar refractivity (Wildman–Crippen MR) is 75.4 cm³/mol. The maximum atomic E-state index is 6.53. The van der Waals surface area contributed by atoms with Crippen molar-refractivity contribution in [3.8, 4) is 0 Å². The molecule has 18 heavy (non-hydrogen) atoms. The summed E-state index contributed by atoms with van der Waals surface area (Å²) >= 11 is 0. The smallest absolute Gasteiger partial charge is 0.0766 e. The molecule has 0 atom stereocenters. The second kappa shape index (κ2) is 4.37. The summed E-state index contributed by atoms with van der Waals surface area (Å²) in [6.45, 7) is 11.6. The fourth-order valence-electron chi connectivity index (χ4n) is 5.51. The van der Waals surface area contributed by atoms with Gasteiger partial charge in [0, 0.05) is 0 Å². The summed E-state index contributed by atoms with van der Waals surface area (Å²) in [5.74, 6) is 4.34. The van der Waals surface area contributed by atoms with Crippen LogP contribution in [0.25, 0.3) is 0 Å². The molecule has 1 heteroatoms. The van der Waals surface area contributed by atoms with Crippen LogP contribution in [0.4, 0.5) is 0 Å². The van der Waals surface area contributed by atoms with Crippen LogP contribution in [-0.2, 0) is 4.74 Å². The minimum atomic E-state index is 0.173. The second-order valence-electron chi connectivity index (χ2n) is 7.56. The Kier molecular flexibility index (Phi) is 3.09. The van der Waals surface area contributed by atoms with Crippen LogP contribution in [0, 0.1) is 29.6 Å². The maximum Gasteiger partial charge on any atom is 0.0766 e. The Hall–Kier alpha value is -0.300. The molecule has 0 spiro atoms. The quantitative estimate of drug-likeness (QED) is 0.669. The first kappa shape index (κ1) is 12.7. The van der Waals surface area contributed by atoms with E-state index in [9.17, 15) is 0 Å². The molecule has 0 N–H and O–H groups in total. The van der Waals surface area contributed by atoms with Crippen LogP contribution in [-0.4, -0.2) is 12.2 Å². The van der Waals surface area contributed by atoms with E-state index < -0.39 is 0 Å². The van der Waals surface area contributed by atoms with Crippen molar-refractivity contribution in [3.63, 3.8) is 0 Å². The van der Waals surface area contributed by atoms with E-state index in [0.717, 1.165) is 30.3 Å². The third kappa shape index (κ3) is 1.78. The normalized spacial score (nSPS) is 45.8. The highest BCUT2D eigenvalue weighted by Gasteiger charge is 2.59. The summed E-state index contributed by atoms with van der Waals surface area (Å²) in [7, 11) is 0. The van der Waals surface area contributed by atoms with Gasteiger partial charge < -0.3 is 4.74 Å². The minimum absolute atomic E-state index is 0.173. The Bertz CT molecular complexity index is 314. The summed E-state index contributed by atoms with van der Waals surface area (Å²) in [6.07, 6.45) is 7.24. The summed E-state index contributed by atoms with van der Waals surface area (Å²) < 4.78 is 6.53. The highest BCUT2D eigenvalue weighted by molar-refractivity contribution is 5.10. The summed E-state index contributed by atoms with van der Waals surface area (Å²) in [6, 6.07) is 0. The number of rotatable bonds is 4. The number of hydrogen-bond donors (Lipinski definition) is 0. The number of hydrogen-bond acceptors (Lipinski definition) is 1. The van der Waals surface area contributed by atoms with E-state index in [-0.39, 0.29) is 5.60 Å². The van der Waals surface area contributed by atoms with Crippen molar-refractivity contribution in [1.82, 2.24) is 0 Å². The molecule has 0 saturated heterocycles. The van der Waals surface area contributed by atoms with Crippen LogP contribution in [0.1, 0.15) is 52.9 Å². The van der Waals surface area contributed by atoms with Gasteiger partial charge in [-0.25, -0.2) is 0 Å². The van der Waals surface area contributed by atoms with Gasteiger partial charge in [0.1, 0.15) is 0 Å². The fourth-order valence-corrected chi connectivity index (χ4v) is 5.51. The molecule has 4 bridgehead atoms. The van der Waals surface area contributed by atoms with Crippen molar-refractivity contribution < 1.29 is 4.74 Å². The average Bonchev–Trinajstić information content (AvgIpc) is 2.26. The van der Waals surface area contributed by atoms with E-state index in [2.05, 4.69) is 27.4 Å². The van der Waals surface area contributed by atoms with Crippen LogP contribution in [0.15, 0.2) is 12.2 Å². The largest absolute Gasteiger partial charge is 0.370 e. The fraction of sp³-hybridized carbons (Fsp3) is 0.882. The molecule has 0 amide bonds. The molecule has 0 aromatic carbocycles. The molecule has 4 aliphatic carbocycles. The van der Waals surface area contributed by atoms with Crippen LogP contribution in [0.2, 0.25) is 0 Å². The van der Waals surface area contributed by atoms with Crippen molar-refractivity contribution in [3.05, 3.63) is 12.2 Å². The Morgan fingerprint density at radius 1 is 1.11 bits per heavy atom. The topological polar surface area (TPSA) is 9.23 Å². The van der Waals surface area contributed by atoms with Crippen LogP contribution >= 0.6 is 0 Å². The van der Waals surface area contributed by atoms with E-state index in [1.807, 2.05) is 0 Å². The summed E-state index contributed by atoms with van der Waals surface area (Å²) in [5, 5.41) is 0. The lowest BCUT2D eigenvalue weighted by Crippen LogP contribution is -2.61. The van der Waals surface area contributed by atoms with Crippen LogP contribution in [0.3, 0.4) is 0 Å². The zero-order valence-corrected chi connectivity index (χ0v) is 12.2. The zero-order chi connectivity index (χ0) is 12.9. The van der Waals surface area contributed by atoms with E-state index in [1.165, 1.54) is 37.7 Å². The maximum absolute atomic E-state index is 6.53. The standard InChI is InChI=1S/C17H28O/c1-11(2)10-18-17(12(3)4)15-6-13-5-14(8-15)9-16(17)7-13/h12-16H,1,5-10H2,2-4H3. The molecule has 4 aliphatic rings. The average molecular weight is 248 g/mol. The summed E-state index contributed by atoms with van der Waals surface area (Å²) in [4.78, 5) is 0. The van der Waals surface area contributed by atoms with Crippen LogP contribution in [0.5, 0.6) is 0 Å². The highest BCUT2D eigenvalue weighted by Crippen LogP contribution is 2.61. The monoisotopic (exact) mass is 248 g/mol. The van der Waals surface area contributed by atoms with Gasteiger partial charge in [0.2, 0.25) is 0 Å². The molecule has 1 nitrogen and oxygen atoms in total. The zero-order valence-electron chi connectivity index (χ0n) is 12.2. The molecule has 0 aromatic rings. The van der Waals surface area contributed by atoms with E-state index in [4.69, 9.17) is 4.74 Å². The van der Waals surface area contributed by atoms with Crippen molar-refractivity contribution in [1.29, 1.82) is 0 Å². The SMILES string of the molecule is C=C(C)COC1(C(C)C)C2CC3CC(C2)CC1C3. The molecule has 4 saturated carbocycles. The van der Waals surface area contributed by atoms with Gasteiger partial charge in [0.15, 0.2) is 0 Å². The molecule has 0 unspecified atom stereocenters. The predicted octanol–water partition coefficient (Wildman–Crippen LogP) is 4.43. The Morgan fingerprint density at radius 3 is 2.00 bits per heavy atom. The van der Waals surface area contributed by atoms with Gasteiger partial charge in [-0.2, -0.15) is 0 Å².